The van der Waals surface area contributed by atoms with Crippen LogP contribution < -0.4 is 5.32 Å². The number of halogens is 3. The molecule has 0 bridgehead atoms. The van der Waals surface area contributed by atoms with E-state index in [1.807, 2.05) is 0 Å². The first-order valence-corrected chi connectivity index (χ1v) is 6.60. The van der Waals surface area contributed by atoms with Crippen LogP contribution in [0.3, 0.4) is 0 Å². The first-order chi connectivity index (χ1) is 9.88. The fraction of sp³-hybridized carbons (Fsp3) is 0.273. The van der Waals surface area contributed by atoms with E-state index in [1.165, 1.54) is 11.3 Å². The molecule has 2 heterocycles. The van der Waals surface area contributed by atoms with Crippen molar-refractivity contribution < 1.29 is 18.1 Å². The minimum Gasteiger partial charge on any atom is -0.379 e. The van der Waals surface area contributed by atoms with Crippen molar-refractivity contribution in [3.8, 4) is 0 Å². The van der Waals surface area contributed by atoms with E-state index in [0.29, 0.717) is 18.7 Å². The van der Waals surface area contributed by atoms with Gasteiger partial charge in [0.15, 0.2) is 0 Å². The molecule has 2 aromatic rings. The lowest BCUT2D eigenvalue weighted by atomic mass is 10.2. The summed E-state index contributed by atoms with van der Waals surface area (Å²) in [5.41, 5.74) is -1.88. The van der Waals surface area contributed by atoms with Gasteiger partial charge < -0.3 is 5.32 Å². The average molecular weight is 318 g/mol. The molecule has 0 amide bonds. The Morgan fingerprint density at radius 1 is 1.38 bits per heavy atom. The highest BCUT2D eigenvalue weighted by molar-refractivity contribution is 7.09. The molecule has 0 aliphatic carbocycles. The molecule has 6 nitrogen and oxygen atoms in total. The fourth-order valence-electron chi connectivity index (χ4n) is 1.57. The van der Waals surface area contributed by atoms with E-state index in [-0.39, 0.29) is 12.2 Å². The van der Waals surface area contributed by atoms with Gasteiger partial charge in [-0.25, -0.2) is 9.97 Å². The molecular formula is C11H9F3N4O2S. The minimum atomic E-state index is -4.65. The zero-order valence-electron chi connectivity index (χ0n) is 10.4. The fourth-order valence-corrected chi connectivity index (χ4v) is 2.19. The molecule has 0 aliphatic heterocycles. The number of thiazole rings is 1. The molecule has 112 valence electrons. The van der Waals surface area contributed by atoms with Gasteiger partial charge in [-0.2, -0.15) is 13.2 Å². The summed E-state index contributed by atoms with van der Waals surface area (Å²) in [4.78, 5) is 17.1. The van der Waals surface area contributed by atoms with Gasteiger partial charge in [-0.1, -0.05) is 0 Å². The van der Waals surface area contributed by atoms with E-state index in [9.17, 15) is 23.3 Å². The van der Waals surface area contributed by atoms with Gasteiger partial charge in [-0.15, -0.1) is 11.3 Å². The number of rotatable bonds is 5. The van der Waals surface area contributed by atoms with Crippen LogP contribution in [0.5, 0.6) is 0 Å². The maximum Gasteiger partial charge on any atom is 0.433 e. The third-order valence-corrected chi connectivity index (χ3v) is 3.35. The summed E-state index contributed by atoms with van der Waals surface area (Å²) < 4.78 is 37.7. The van der Waals surface area contributed by atoms with Crippen molar-refractivity contribution in [1.82, 2.24) is 9.97 Å². The zero-order chi connectivity index (χ0) is 15.5. The number of anilines is 1. The zero-order valence-corrected chi connectivity index (χ0v) is 11.2. The van der Waals surface area contributed by atoms with Crippen LogP contribution in [0.15, 0.2) is 23.8 Å². The Hall–Kier alpha value is -2.23. The molecule has 0 saturated carbocycles. The van der Waals surface area contributed by atoms with Crippen molar-refractivity contribution in [2.75, 3.05) is 11.9 Å². The predicted molar refractivity (Wildman–Crippen MR) is 70.2 cm³/mol. The predicted octanol–water partition coefficient (Wildman–Crippen LogP) is 3.12. The van der Waals surface area contributed by atoms with Crippen LogP contribution in [0.25, 0.3) is 0 Å². The third-order valence-electron chi connectivity index (χ3n) is 2.51. The number of aromatic nitrogens is 2. The Morgan fingerprint density at radius 3 is 2.71 bits per heavy atom. The molecule has 0 spiro atoms. The second kappa shape index (κ2) is 6.04. The maximum atomic E-state index is 12.6. The Labute approximate surface area is 120 Å². The van der Waals surface area contributed by atoms with Crippen LogP contribution in [-0.2, 0) is 12.6 Å². The normalized spacial score (nSPS) is 11.4. The smallest absolute Gasteiger partial charge is 0.379 e. The Kier molecular flexibility index (Phi) is 4.36. The van der Waals surface area contributed by atoms with Gasteiger partial charge in [0.05, 0.1) is 9.93 Å². The highest BCUT2D eigenvalue weighted by atomic mass is 32.1. The summed E-state index contributed by atoms with van der Waals surface area (Å²) >= 11 is 1.40. The maximum absolute atomic E-state index is 12.6. The van der Waals surface area contributed by atoms with Gasteiger partial charge in [0, 0.05) is 24.5 Å². The number of nitrogens with zero attached hydrogens (tertiary/aromatic N) is 3. The molecule has 0 aliphatic rings. The summed E-state index contributed by atoms with van der Waals surface area (Å²) in [5, 5.41) is 16.0. The summed E-state index contributed by atoms with van der Waals surface area (Å²) in [5.74, 6) is 0. The molecule has 0 fully saturated rings. The van der Waals surface area contributed by atoms with Crippen LogP contribution in [0.4, 0.5) is 24.5 Å². The number of hydrogen-bond acceptors (Lipinski definition) is 6. The second-order valence-corrected chi connectivity index (χ2v) is 4.92. The van der Waals surface area contributed by atoms with Crippen LogP contribution in [0, 0.1) is 10.1 Å². The van der Waals surface area contributed by atoms with E-state index < -0.39 is 22.5 Å². The SMILES string of the molecule is O=[N+]([O-])c1cnc(C(F)(F)F)cc1NCCc1nccs1. The molecule has 2 aromatic heterocycles. The van der Waals surface area contributed by atoms with E-state index in [4.69, 9.17) is 0 Å². The first kappa shape index (κ1) is 15.2. The largest absolute Gasteiger partial charge is 0.433 e. The van der Waals surface area contributed by atoms with Crippen molar-refractivity contribution in [2.45, 2.75) is 12.6 Å². The Morgan fingerprint density at radius 2 is 2.14 bits per heavy atom. The second-order valence-electron chi connectivity index (χ2n) is 3.94. The lowest BCUT2D eigenvalue weighted by molar-refractivity contribution is -0.384. The average Bonchev–Trinajstić information content (AvgIpc) is 2.90. The van der Waals surface area contributed by atoms with E-state index in [1.54, 1.807) is 11.6 Å². The van der Waals surface area contributed by atoms with Gasteiger partial charge in [0.25, 0.3) is 0 Å². The minimum absolute atomic E-state index is 0.209. The number of nitrogens with one attached hydrogen (secondary N) is 1. The number of pyridine rings is 1. The summed E-state index contributed by atoms with van der Waals surface area (Å²) in [7, 11) is 0. The standard InChI is InChI=1S/C11H9F3N4O2S/c12-11(13,14)9-5-7(8(6-17-9)18(19)20)15-2-1-10-16-3-4-21-10/h3-6H,1-2H2,(H,15,17). The number of alkyl halides is 3. The van der Waals surface area contributed by atoms with Crippen molar-refractivity contribution in [3.63, 3.8) is 0 Å². The number of nitro groups is 1. The van der Waals surface area contributed by atoms with E-state index in [0.717, 1.165) is 5.01 Å². The van der Waals surface area contributed by atoms with Gasteiger partial charge in [0.2, 0.25) is 0 Å². The summed E-state index contributed by atoms with van der Waals surface area (Å²) in [6, 6.07) is 0.639. The lowest BCUT2D eigenvalue weighted by Crippen LogP contribution is -2.12. The van der Waals surface area contributed by atoms with Crippen molar-refractivity contribution in [3.05, 3.63) is 44.7 Å². The molecule has 1 N–H and O–H groups in total. The van der Waals surface area contributed by atoms with Crippen molar-refractivity contribution in [1.29, 1.82) is 0 Å². The van der Waals surface area contributed by atoms with Crippen LogP contribution in [0.1, 0.15) is 10.7 Å². The summed E-state index contributed by atoms with van der Waals surface area (Å²) in [6.07, 6.45) is -1.98. The molecule has 0 saturated heterocycles. The van der Waals surface area contributed by atoms with Gasteiger partial charge in [-0.3, -0.25) is 10.1 Å². The van der Waals surface area contributed by atoms with Gasteiger partial charge in [0.1, 0.15) is 17.6 Å². The summed E-state index contributed by atoms with van der Waals surface area (Å²) in [6.45, 7) is 0.232. The molecule has 2 rings (SSSR count). The quantitative estimate of drug-likeness (QED) is 0.676. The topological polar surface area (TPSA) is 81.0 Å². The van der Waals surface area contributed by atoms with E-state index >= 15 is 0 Å². The van der Waals surface area contributed by atoms with E-state index in [2.05, 4.69) is 15.3 Å². The lowest BCUT2D eigenvalue weighted by Gasteiger charge is -2.10. The molecular weight excluding hydrogens is 309 g/mol. The van der Waals surface area contributed by atoms with Crippen molar-refractivity contribution >= 4 is 22.7 Å². The highest BCUT2D eigenvalue weighted by Crippen LogP contribution is 2.32. The Bertz CT molecular complexity index is 631. The third kappa shape index (κ3) is 3.88. The molecule has 0 unspecified atom stereocenters. The molecule has 21 heavy (non-hydrogen) atoms. The highest BCUT2D eigenvalue weighted by Gasteiger charge is 2.34. The molecule has 0 radical (unpaired) electrons. The number of hydrogen-bond donors (Lipinski definition) is 1. The van der Waals surface area contributed by atoms with Gasteiger partial charge in [-0.05, 0) is 6.07 Å². The molecule has 0 aromatic carbocycles. The molecule has 10 heteroatoms. The molecule has 0 atom stereocenters. The Balaban J connectivity index is 2.16. The van der Waals surface area contributed by atoms with Crippen LogP contribution in [-0.4, -0.2) is 21.4 Å². The van der Waals surface area contributed by atoms with Crippen LogP contribution >= 0.6 is 11.3 Å². The van der Waals surface area contributed by atoms with Crippen molar-refractivity contribution in [2.24, 2.45) is 0 Å². The monoisotopic (exact) mass is 318 g/mol. The van der Waals surface area contributed by atoms with Gasteiger partial charge >= 0.3 is 11.9 Å². The first-order valence-electron chi connectivity index (χ1n) is 5.72. The van der Waals surface area contributed by atoms with Crippen LogP contribution in [0.2, 0.25) is 0 Å².